The van der Waals surface area contributed by atoms with Crippen molar-refractivity contribution >= 4 is 29.0 Å². The van der Waals surface area contributed by atoms with Gasteiger partial charge in [-0.3, -0.25) is 9.59 Å². The second kappa shape index (κ2) is 7.66. The van der Waals surface area contributed by atoms with Crippen molar-refractivity contribution in [2.45, 2.75) is 71.8 Å². The van der Waals surface area contributed by atoms with Crippen LogP contribution in [0.3, 0.4) is 0 Å². The highest BCUT2D eigenvalue weighted by Crippen LogP contribution is 2.64. The first-order valence-electron chi connectivity index (χ1n) is 12.8. The molecule has 0 unspecified atom stereocenters. The molecule has 4 aliphatic rings. The number of pyridine rings is 1. The van der Waals surface area contributed by atoms with Crippen LogP contribution in [0.25, 0.3) is 17.2 Å². The molecule has 0 N–H and O–H groups in total. The van der Waals surface area contributed by atoms with Crippen LogP contribution < -0.4 is 0 Å². The molecule has 3 saturated carbocycles. The maximum absolute atomic E-state index is 13.7. The van der Waals surface area contributed by atoms with Crippen molar-refractivity contribution in [2.75, 3.05) is 0 Å². The molecule has 2 heterocycles. The first-order valence-corrected chi connectivity index (χ1v) is 12.8. The van der Waals surface area contributed by atoms with Gasteiger partial charge in [-0.25, -0.2) is 4.98 Å². The van der Waals surface area contributed by atoms with Crippen LogP contribution in [0.15, 0.2) is 47.8 Å². The molecule has 0 amide bonds. The standard InChI is InChI=1S/C29H34N2O3/c1-18(32)34-22-8-11-28(2)21(16-22)6-7-23-24(28)9-12-29(3)25(23)15-20(26(29)33)17-31-14-10-19-5-4-13-30-27(19)31/h4-6,10,13-14,17,22-25H,7-9,11-12,15-16H2,1-3H3/b20-17+/t22-,23+,24-,25-,28-,29-/m0/s1. The summed E-state index contributed by atoms with van der Waals surface area (Å²) in [6, 6.07) is 6.06. The van der Waals surface area contributed by atoms with Crippen molar-refractivity contribution in [3.8, 4) is 0 Å². The summed E-state index contributed by atoms with van der Waals surface area (Å²) in [6.07, 6.45) is 15.2. The molecular weight excluding hydrogens is 424 g/mol. The van der Waals surface area contributed by atoms with E-state index in [1.54, 1.807) is 0 Å². The Kier molecular flexibility index (Phi) is 4.91. The molecule has 178 valence electrons. The van der Waals surface area contributed by atoms with Gasteiger partial charge in [-0.2, -0.15) is 0 Å². The minimum Gasteiger partial charge on any atom is -0.462 e. The third-order valence-electron chi connectivity index (χ3n) is 9.80. The Hall–Kier alpha value is -2.69. The van der Waals surface area contributed by atoms with E-state index in [0.29, 0.717) is 23.5 Å². The van der Waals surface area contributed by atoms with Crippen LogP contribution in [0.4, 0.5) is 0 Å². The SMILES string of the molecule is CC(=O)O[C@H]1CC[C@@]2(C)C(=CC[C@@H]3[C@@H]2CC[C@]2(C)C(=O)/C(=C/n4ccc5cccnc54)C[C@@H]32)C1. The number of allylic oxidation sites excluding steroid dienone is 2. The summed E-state index contributed by atoms with van der Waals surface area (Å²) in [5.74, 6) is 1.69. The molecule has 0 spiro atoms. The van der Waals surface area contributed by atoms with Crippen molar-refractivity contribution < 1.29 is 14.3 Å². The number of aromatic nitrogens is 2. The average Bonchev–Trinajstić information content (AvgIpc) is 3.33. The molecule has 0 aromatic carbocycles. The number of hydrogen-bond acceptors (Lipinski definition) is 4. The summed E-state index contributed by atoms with van der Waals surface area (Å²) in [6.45, 7) is 6.17. The Bertz CT molecular complexity index is 1240. The molecule has 2 aromatic heterocycles. The van der Waals surface area contributed by atoms with Crippen molar-refractivity contribution in [3.63, 3.8) is 0 Å². The number of fused-ring (bicyclic) bond motifs is 6. The van der Waals surface area contributed by atoms with E-state index in [-0.39, 0.29) is 22.9 Å². The van der Waals surface area contributed by atoms with E-state index in [0.717, 1.165) is 61.6 Å². The highest BCUT2D eigenvalue weighted by atomic mass is 16.5. The Morgan fingerprint density at radius 1 is 1.15 bits per heavy atom. The second-order valence-corrected chi connectivity index (χ2v) is 11.5. The lowest BCUT2D eigenvalue weighted by Gasteiger charge is -2.56. The third kappa shape index (κ3) is 3.15. The van der Waals surface area contributed by atoms with E-state index in [9.17, 15) is 9.59 Å². The van der Waals surface area contributed by atoms with E-state index < -0.39 is 0 Å². The smallest absolute Gasteiger partial charge is 0.302 e. The van der Waals surface area contributed by atoms with E-state index in [1.807, 2.05) is 29.2 Å². The van der Waals surface area contributed by atoms with Crippen LogP contribution in [0.5, 0.6) is 0 Å². The fraction of sp³-hybridized carbons (Fsp3) is 0.552. The van der Waals surface area contributed by atoms with Gasteiger partial charge in [0.25, 0.3) is 0 Å². The Balaban J connectivity index is 1.30. The van der Waals surface area contributed by atoms with Crippen LogP contribution >= 0.6 is 0 Å². The quantitative estimate of drug-likeness (QED) is 0.317. The number of ether oxygens (including phenoxy) is 1. The average molecular weight is 459 g/mol. The van der Waals surface area contributed by atoms with Crippen LogP contribution in [0.1, 0.15) is 65.7 Å². The van der Waals surface area contributed by atoms with E-state index >= 15 is 0 Å². The maximum Gasteiger partial charge on any atom is 0.302 e. The molecule has 3 fully saturated rings. The molecule has 2 aromatic rings. The molecule has 4 aliphatic carbocycles. The Labute approximate surface area is 201 Å². The normalized spacial score (nSPS) is 38.3. The van der Waals surface area contributed by atoms with Gasteiger partial charge in [-0.1, -0.05) is 25.5 Å². The summed E-state index contributed by atoms with van der Waals surface area (Å²) in [5, 5.41) is 1.09. The van der Waals surface area contributed by atoms with Gasteiger partial charge in [0.1, 0.15) is 11.8 Å². The number of Topliss-reactive ketones (excluding diaryl/α,β-unsaturated/α-hetero) is 1. The van der Waals surface area contributed by atoms with Crippen molar-refractivity contribution in [1.29, 1.82) is 0 Å². The molecule has 6 atom stereocenters. The number of carbonyl (C=O) groups is 2. The molecule has 0 saturated heterocycles. The number of carbonyl (C=O) groups excluding carboxylic acids is 2. The van der Waals surface area contributed by atoms with Gasteiger partial charge in [0.05, 0.1) is 0 Å². The second-order valence-electron chi connectivity index (χ2n) is 11.5. The zero-order valence-corrected chi connectivity index (χ0v) is 20.4. The summed E-state index contributed by atoms with van der Waals surface area (Å²) < 4.78 is 7.60. The Morgan fingerprint density at radius 3 is 2.79 bits per heavy atom. The largest absolute Gasteiger partial charge is 0.462 e. The summed E-state index contributed by atoms with van der Waals surface area (Å²) in [4.78, 5) is 29.8. The zero-order chi connectivity index (χ0) is 23.7. The number of nitrogens with zero attached hydrogens (tertiary/aromatic N) is 2. The van der Waals surface area contributed by atoms with Crippen LogP contribution in [0, 0.1) is 28.6 Å². The van der Waals surface area contributed by atoms with Crippen molar-refractivity contribution in [3.05, 3.63) is 47.8 Å². The topological polar surface area (TPSA) is 61.2 Å². The molecule has 34 heavy (non-hydrogen) atoms. The molecule has 6 rings (SSSR count). The lowest BCUT2D eigenvalue weighted by atomic mass is 9.48. The number of ketones is 1. The highest BCUT2D eigenvalue weighted by molar-refractivity contribution is 6.05. The number of rotatable bonds is 2. The van der Waals surface area contributed by atoms with Crippen LogP contribution in [-0.4, -0.2) is 27.4 Å². The summed E-state index contributed by atoms with van der Waals surface area (Å²) in [5.41, 5.74) is 3.24. The predicted molar refractivity (Wildman–Crippen MR) is 132 cm³/mol. The minimum atomic E-state index is -0.264. The number of hydrogen-bond donors (Lipinski definition) is 0. The highest BCUT2D eigenvalue weighted by Gasteiger charge is 2.60. The van der Waals surface area contributed by atoms with Gasteiger partial charge in [0.2, 0.25) is 0 Å². The van der Waals surface area contributed by atoms with Gasteiger partial charge in [0.15, 0.2) is 5.78 Å². The van der Waals surface area contributed by atoms with E-state index in [1.165, 1.54) is 12.5 Å². The molecular formula is C29H34N2O3. The minimum absolute atomic E-state index is 0.0230. The van der Waals surface area contributed by atoms with Crippen LogP contribution in [-0.2, 0) is 14.3 Å². The summed E-state index contributed by atoms with van der Waals surface area (Å²) in [7, 11) is 0. The van der Waals surface area contributed by atoms with Crippen LogP contribution in [0.2, 0.25) is 0 Å². The molecule has 0 bridgehead atoms. The number of esters is 1. The lowest BCUT2D eigenvalue weighted by molar-refractivity contribution is -0.148. The Morgan fingerprint density at radius 2 is 1.97 bits per heavy atom. The first kappa shape index (κ1) is 21.8. The third-order valence-corrected chi connectivity index (χ3v) is 9.80. The van der Waals surface area contributed by atoms with E-state index in [4.69, 9.17) is 4.74 Å². The maximum atomic E-state index is 13.7. The van der Waals surface area contributed by atoms with E-state index in [2.05, 4.69) is 37.0 Å². The van der Waals surface area contributed by atoms with Gasteiger partial charge in [-0.05, 0) is 79.9 Å². The summed E-state index contributed by atoms with van der Waals surface area (Å²) >= 11 is 0. The van der Waals surface area contributed by atoms with Gasteiger partial charge < -0.3 is 9.30 Å². The zero-order valence-electron chi connectivity index (χ0n) is 20.4. The molecule has 0 aliphatic heterocycles. The van der Waals surface area contributed by atoms with Gasteiger partial charge in [-0.15, -0.1) is 0 Å². The molecule has 5 nitrogen and oxygen atoms in total. The lowest BCUT2D eigenvalue weighted by Crippen LogP contribution is -2.50. The monoisotopic (exact) mass is 458 g/mol. The van der Waals surface area contributed by atoms with Crippen molar-refractivity contribution in [1.82, 2.24) is 9.55 Å². The van der Waals surface area contributed by atoms with Gasteiger partial charge >= 0.3 is 5.97 Å². The first-order chi connectivity index (χ1) is 16.3. The van der Waals surface area contributed by atoms with Gasteiger partial charge in [0, 0.05) is 48.3 Å². The van der Waals surface area contributed by atoms with Crippen molar-refractivity contribution in [2.24, 2.45) is 28.6 Å². The fourth-order valence-corrected chi connectivity index (χ4v) is 8.01. The predicted octanol–water partition coefficient (Wildman–Crippen LogP) is 5.95. The molecule has 5 heteroatoms. The fourth-order valence-electron chi connectivity index (χ4n) is 8.01. The molecule has 0 radical (unpaired) electrons.